The van der Waals surface area contributed by atoms with Crippen LogP contribution in [0.25, 0.3) is 10.9 Å². The van der Waals surface area contributed by atoms with Gasteiger partial charge in [0, 0.05) is 18.0 Å². The van der Waals surface area contributed by atoms with E-state index in [2.05, 4.69) is 15.4 Å². The van der Waals surface area contributed by atoms with E-state index in [1.165, 1.54) is 0 Å². The molecule has 6 heteroatoms. The van der Waals surface area contributed by atoms with Crippen molar-refractivity contribution in [3.8, 4) is 0 Å². The lowest BCUT2D eigenvalue weighted by atomic mass is 10.2. The highest BCUT2D eigenvalue weighted by Gasteiger charge is 2.09. The van der Waals surface area contributed by atoms with Gasteiger partial charge in [0.25, 0.3) is 0 Å². The van der Waals surface area contributed by atoms with E-state index in [4.69, 9.17) is 11.6 Å². The maximum absolute atomic E-state index is 11.9. The van der Waals surface area contributed by atoms with Crippen LogP contribution in [0.5, 0.6) is 0 Å². The van der Waals surface area contributed by atoms with Crippen molar-refractivity contribution in [2.24, 2.45) is 0 Å². The van der Waals surface area contributed by atoms with Crippen LogP contribution in [0.15, 0.2) is 48.7 Å². The van der Waals surface area contributed by atoms with Gasteiger partial charge in [0.1, 0.15) is 0 Å². The molecule has 2 heterocycles. The summed E-state index contributed by atoms with van der Waals surface area (Å²) in [5.74, 6) is -0.0404. The molecule has 0 saturated heterocycles. The average molecular weight is 315 g/mol. The third-order valence-electron chi connectivity index (χ3n) is 3.36. The van der Waals surface area contributed by atoms with E-state index in [1.54, 1.807) is 10.9 Å². The quantitative estimate of drug-likeness (QED) is 0.787. The number of nitrogens with one attached hydrogen (secondary N) is 1. The summed E-state index contributed by atoms with van der Waals surface area (Å²) in [6.45, 7) is 0.918. The molecule has 22 heavy (non-hydrogen) atoms. The fourth-order valence-corrected chi connectivity index (χ4v) is 2.50. The first-order valence-corrected chi connectivity index (χ1v) is 7.39. The molecule has 1 aromatic carbocycles. The SMILES string of the molecule is O=C(CCn1nc(Cl)c2ccccc21)NCc1ccccn1. The van der Waals surface area contributed by atoms with Gasteiger partial charge in [-0.1, -0.05) is 29.8 Å². The van der Waals surface area contributed by atoms with E-state index in [-0.39, 0.29) is 5.91 Å². The van der Waals surface area contributed by atoms with Crippen LogP contribution in [0.3, 0.4) is 0 Å². The maximum Gasteiger partial charge on any atom is 0.222 e. The summed E-state index contributed by atoms with van der Waals surface area (Å²) in [5, 5.41) is 8.48. The van der Waals surface area contributed by atoms with Crippen molar-refractivity contribution in [2.45, 2.75) is 19.5 Å². The molecule has 112 valence electrons. The van der Waals surface area contributed by atoms with Gasteiger partial charge in [0.2, 0.25) is 5.91 Å². The van der Waals surface area contributed by atoms with Crippen molar-refractivity contribution in [1.82, 2.24) is 20.1 Å². The number of carbonyl (C=O) groups excluding carboxylic acids is 1. The van der Waals surface area contributed by atoms with Crippen LogP contribution >= 0.6 is 11.6 Å². The molecule has 3 aromatic rings. The number of aromatic nitrogens is 3. The molecule has 0 bridgehead atoms. The molecule has 5 nitrogen and oxygen atoms in total. The summed E-state index contributed by atoms with van der Waals surface area (Å²) < 4.78 is 1.76. The van der Waals surface area contributed by atoms with Crippen LogP contribution in [0, 0.1) is 0 Å². The molecule has 0 aliphatic carbocycles. The number of nitrogens with zero attached hydrogens (tertiary/aromatic N) is 3. The van der Waals surface area contributed by atoms with Crippen LogP contribution in [0.2, 0.25) is 5.15 Å². The molecule has 1 amide bonds. The Balaban J connectivity index is 1.58. The van der Waals surface area contributed by atoms with Gasteiger partial charge in [-0.05, 0) is 24.3 Å². The first-order valence-electron chi connectivity index (χ1n) is 7.02. The second-order valence-corrected chi connectivity index (χ2v) is 5.24. The number of benzene rings is 1. The van der Waals surface area contributed by atoms with Crippen molar-refractivity contribution in [2.75, 3.05) is 0 Å². The Kier molecular flexibility index (Phi) is 4.34. The second kappa shape index (κ2) is 6.58. The van der Waals surface area contributed by atoms with Gasteiger partial charge >= 0.3 is 0 Å². The first-order chi connectivity index (χ1) is 10.7. The summed E-state index contributed by atoms with van der Waals surface area (Å²) in [6.07, 6.45) is 2.05. The lowest BCUT2D eigenvalue weighted by Crippen LogP contribution is -2.24. The van der Waals surface area contributed by atoms with Crippen molar-refractivity contribution in [1.29, 1.82) is 0 Å². The van der Waals surface area contributed by atoms with Crippen LogP contribution in [0.1, 0.15) is 12.1 Å². The molecule has 0 aliphatic rings. The number of carbonyl (C=O) groups is 1. The molecule has 0 aliphatic heterocycles. The predicted octanol–water partition coefficient (Wildman–Crippen LogP) is 2.79. The lowest BCUT2D eigenvalue weighted by Gasteiger charge is -2.05. The van der Waals surface area contributed by atoms with Gasteiger partial charge in [0.05, 0.1) is 24.3 Å². The summed E-state index contributed by atoms with van der Waals surface area (Å²) in [4.78, 5) is 16.1. The zero-order chi connectivity index (χ0) is 15.4. The number of halogens is 1. The van der Waals surface area contributed by atoms with E-state index < -0.39 is 0 Å². The molecule has 0 saturated carbocycles. The first kappa shape index (κ1) is 14.5. The molecule has 0 spiro atoms. The minimum Gasteiger partial charge on any atom is -0.350 e. The van der Waals surface area contributed by atoms with E-state index >= 15 is 0 Å². The summed E-state index contributed by atoms with van der Waals surface area (Å²) in [6, 6.07) is 13.3. The van der Waals surface area contributed by atoms with Gasteiger partial charge in [0.15, 0.2) is 5.15 Å². The Morgan fingerprint density at radius 1 is 1.18 bits per heavy atom. The molecule has 3 rings (SSSR count). The van der Waals surface area contributed by atoms with Gasteiger partial charge < -0.3 is 5.32 Å². The highest BCUT2D eigenvalue weighted by atomic mass is 35.5. The van der Waals surface area contributed by atoms with Crippen molar-refractivity contribution < 1.29 is 4.79 Å². The van der Waals surface area contributed by atoms with Gasteiger partial charge in [-0.25, -0.2) is 0 Å². The zero-order valence-corrected chi connectivity index (χ0v) is 12.6. The number of fused-ring (bicyclic) bond motifs is 1. The number of aryl methyl sites for hydroxylation is 1. The van der Waals surface area contributed by atoms with Crippen LogP contribution in [-0.2, 0) is 17.9 Å². The largest absolute Gasteiger partial charge is 0.350 e. The Labute approximate surface area is 132 Å². The summed E-state index contributed by atoms with van der Waals surface area (Å²) in [7, 11) is 0. The molecular formula is C16H15ClN4O. The summed E-state index contributed by atoms with van der Waals surface area (Å²) >= 11 is 6.09. The standard InChI is InChI=1S/C16H15ClN4O/c17-16-13-6-1-2-7-14(13)21(20-16)10-8-15(22)19-11-12-5-3-4-9-18-12/h1-7,9H,8,10-11H2,(H,19,22). The Bertz CT molecular complexity index is 785. The maximum atomic E-state index is 11.9. The normalized spacial score (nSPS) is 10.8. The van der Waals surface area contributed by atoms with E-state index in [0.29, 0.717) is 24.7 Å². The Morgan fingerprint density at radius 3 is 2.82 bits per heavy atom. The van der Waals surface area contributed by atoms with Gasteiger partial charge in [-0.15, -0.1) is 0 Å². The number of amides is 1. The lowest BCUT2D eigenvalue weighted by molar-refractivity contribution is -0.121. The third-order valence-corrected chi connectivity index (χ3v) is 3.64. The highest BCUT2D eigenvalue weighted by Crippen LogP contribution is 2.22. The van der Waals surface area contributed by atoms with Gasteiger partial charge in [-0.2, -0.15) is 5.10 Å². The van der Waals surface area contributed by atoms with Crippen molar-refractivity contribution in [3.05, 3.63) is 59.5 Å². The Hall–Kier alpha value is -2.40. The molecular weight excluding hydrogens is 300 g/mol. The minimum absolute atomic E-state index is 0.0404. The average Bonchev–Trinajstić information content (AvgIpc) is 2.89. The number of para-hydroxylation sites is 1. The van der Waals surface area contributed by atoms with E-state index in [9.17, 15) is 4.79 Å². The van der Waals surface area contributed by atoms with Crippen molar-refractivity contribution in [3.63, 3.8) is 0 Å². The number of hydrogen-bond donors (Lipinski definition) is 1. The van der Waals surface area contributed by atoms with E-state index in [1.807, 2.05) is 42.5 Å². The minimum atomic E-state index is -0.0404. The number of hydrogen-bond acceptors (Lipinski definition) is 3. The van der Waals surface area contributed by atoms with Crippen molar-refractivity contribution >= 4 is 28.4 Å². The van der Waals surface area contributed by atoms with Gasteiger partial charge in [-0.3, -0.25) is 14.5 Å². The fraction of sp³-hybridized carbons (Fsp3) is 0.188. The third kappa shape index (κ3) is 3.26. The van der Waals surface area contributed by atoms with Crippen LogP contribution in [0.4, 0.5) is 0 Å². The molecule has 0 unspecified atom stereocenters. The molecule has 0 radical (unpaired) electrons. The number of rotatable bonds is 5. The topological polar surface area (TPSA) is 59.8 Å². The monoisotopic (exact) mass is 314 g/mol. The predicted molar refractivity (Wildman–Crippen MR) is 85.4 cm³/mol. The van der Waals surface area contributed by atoms with E-state index in [0.717, 1.165) is 16.6 Å². The van der Waals surface area contributed by atoms with Crippen LogP contribution in [-0.4, -0.2) is 20.7 Å². The molecule has 2 aromatic heterocycles. The molecule has 1 N–H and O–H groups in total. The highest BCUT2D eigenvalue weighted by molar-refractivity contribution is 6.34. The second-order valence-electron chi connectivity index (χ2n) is 4.88. The summed E-state index contributed by atoms with van der Waals surface area (Å²) in [5.41, 5.74) is 1.77. The fourth-order valence-electron chi connectivity index (χ4n) is 2.25. The number of pyridine rings is 1. The molecule has 0 fully saturated rings. The smallest absolute Gasteiger partial charge is 0.222 e. The molecule has 0 atom stereocenters. The zero-order valence-electron chi connectivity index (χ0n) is 11.9. The Morgan fingerprint density at radius 2 is 2.00 bits per heavy atom. The van der Waals surface area contributed by atoms with Crippen LogP contribution < -0.4 is 5.32 Å².